The van der Waals surface area contributed by atoms with Crippen LogP contribution in [-0.4, -0.2) is 95.4 Å². The Morgan fingerprint density at radius 1 is 0.629 bits per heavy atom. The summed E-state index contributed by atoms with van der Waals surface area (Å²) in [7, 11) is -5.09. The second-order valence-electron chi connectivity index (χ2n) is 17.8. The Morgan fingerprint density at radius 3 is 1.45 bits per heavy atom. The highest BCUT2D eigenvalue weighted by atomic mass is 32.3. The maximum atomic E-state index is 13.0. The van der Waals surface area contributed by atoms with Crippen LogP contribution in [0.1, 0.15) is 226 Å². The minimum atomic E-state index is -5.09. The first kappa shape index (κ1) is 58.6. The number of aliphatic hydroxyl groups is 4. The lowest BCUT2D eigenvalue weighted by atomic mass is 9.99. The molecular formula is C49H93NO11S. The molecule has 1 fully saturated rings. The van der Waals surface area contributed by atoms with Gasteiger partial charge in [0.25, 0.3) is 0 Å². The topological polar surface area (TPSA) is 192 Å². The van der Waals surface area contributed by atoms with Crippen LogP contribution in [0, 0.1) is 0 Å². The van der Waals surface area contributed by atoms with Gasteiger partial charge in [0.15, 0.2) is 6.29 Å². The van der Waals surface area contributed by atoms with Crippen molar-refractivity contribution in [2.45, 2.75) is 269 Å². The Balaban J connectivity index is 2.45. The zero-order chi connectivity index (χ0) is 45.5. The third-order valence-electron chi connectivity index (χ3n) is 12.0. The number of ether oxygens (including phenoxy) is 2. The van der Waals surface area contributed by atoms with Crippen LogP contribution in [0.2, 0.25) is 0 Å². The minimum Gasteiger partial charge on any atom is -0.394 e. The monoisotopic (exact) mass is 904 g/mol. The van der Waals surface area contributed by atoms with E-state index in [1.54, 1.807) is 6.08 Å². The van der Waals surface area contributed by atoms with Gasteiger partial charge < -0.3 is 35.2 Å². The van der Waals surface area contributed by atoms with E-state index in [-0.39, 0.29) is 18.9 Å². The Hall–Kier alpha value is -1.42. The van der Waals surface area contributed by atoms with Crippen LogP contribution < -0.4 is 5.32 Å². The van der Waals surface area contributed by atoms with Gasteiger partial charge in [-0.15, -0.1) is 0 Å². The zero-order valence-electron chi connectivity index (χ0n) is 39.2. The fourth-order valence-electron chi connectivity index (χ4n) is 8.04. The van der Waals surface area contributed by atoms with E-state index < -0.39 is 59.9 Å². The van der Waals surface area contributed by atoms with Crippen LogP contribution in [0.3, 0.4) is 0 Å². The van der Waals surface area contributed by atoms with Crippen molar-refractivity contribution >= 4 is 16.3 Å². The van der Waals surface area contributed by atoms with Crippen LogP contribution in [-0.2, 0) is 28.9 Å². The Kier molecular flexibility index (Phi) is 37.7. The number of carbonyl (C=O) groups excluding carboxylic acids is 1. The Morgan fingerprint density at radius 2 is 1.03 bits per heavy atom. The summed E-state index contributed by atoms with van der Waals surface area (Å²) >= 11 is 0. The number of aliphatic hydroxyl groups excluding tert-OH is 4. The number of nitrogens with one attached hydrogen (secondary N) is 1. The molecule has 0 aromatic rings. The highest BCUT2D eigenvalue weighted by Gasteiger charge is 2.48. The third-order valence-corrected chi connectivity index (χ3v) is 12.4. The molecule has 6 N–H and O–H groups in total. The van der Waals surface area contributed by atoms with Crippen molar-refractivity contribution in [3.05, 3.63) is 24.3 Å². The molecule has 1 aliphatic heterocycles. The number of allylic oxidation sites excluding steroid dienone is 3. The van der Waals surface area contributed by atoms with E-state index in [1.807, 2.05) is 6.08 Å². The van der Waals surface area contributed by atoms with Crippen molar-refractivity contribution in [1.82, 2.24) is 5.32 Å². The maximum Gasteiger partial charge on any atom is 0.397 e. The molecule has 62 heavy (non-hydrogen) atoms. The lowest BCUT2D eigenvalue weighted by molar-refractivity contribution is -0.298. The van der Waals surface area contributed by atoms with Crippen LogP contribution in [0.5, 0.6) is 0 Å². The van der Waals surface area contributed by atoms with Crippen molar-refractivity contribution in [2.75, 3.05) is 13.2 Å². The Labute approximate surface area is 378 Å². The van der Waals surface area contributed by atoms with E-state index in [9.17, 15) is 38.2 Å². The smallest absolute Gasteiger partial charge is 0.394 e. The molecule has 0 aromatic heterocycles. The molecule has 0 aliphatic carbocycles. The van der Waals surface area contributed by atoms with Crippen molar-refractivity contribution < 1.29 is 51.8 Å². The van der Waals surface area contributed by atoms with Gasteiger partial charge in [0, 0.05) is 6.42 Å². The molecule has 7 atom stereocenters. The van der Waals surface area contributed by atoms with Crippen LogP contribution in [0.4, 0.5) is 0 Å². The molecule has 1 heterocycles. The van der Waals surface area contributed by atoms with E-state index in [4.69, 9.17) is 9.47 Å². The van der Waals surface area contributed by atoms with E-state index in [0.717, 1.165) is 44.9 Å². The summed E-state index contributed by atoms with van der Waals surface area (Å²) in [4.78, 5) is 13.0. The predicted molar refractivity (Wildman–Crippen MR) is 250 cm³/mol. The molecule has 1 rings (SSSR count). The van der Waals surface area contributed by atoms with Crippen molar-refractivity contribution in [3.63, 3.8) is 0 Å². The van der Waals surface area contributed by atoms with E-state index in [1.165, 1.54) is 154 Å². The molecule has 0 aromatic carbocycles. The maximum absolute atomic E-state index is 13.0. The summed E-state index contributed by atoms with van der Waals surface area (Å²) in [6.07, 6.45) is 37.9. The number of hydrogen-bond acceptors (Lipinski definition) is 10. The third kappa shape index (κ3) is 32.3. The van der Waals surface area contributed by atoms with Gasteiger partial charge in [-0.25, -0.2) is 4.18 Å². The average Bonchev–Trinajstić information content (AvgIpc) is 3.24. The molecule has 12 nitrogen and oxygen atoms in total. The quantitative estimate of drug-likeness (QED) is 0.0194. The summed E-state index contributed by atoms with van der Waals surface area (Å²) in [6, 6.07) is -0.949. The van der Waals surface area contributed by atoms with Gasteiger partial charge in [-0.2, -0.15) is 8.42 Å². The number of amides is 1. The van der Waals surface area contributed by atoms with E-state index in [0.29, 0.717) is 6.42 Å². The highest BCUT2D eigenvalue weighted by molar-refractivity contribution is 7.80. The molecule has 13 heteroatoms. The van der Waals surface area contributed by atoms with E-state index >= 15 is 0 Å². The fraction of sp³-hybridized carbons (Fsp3) is 0.898. The lowest BCUT2D eigenvalue weighted by Gasteiger charge is -2.41. The predicted octanol–water partition coefficient (Wildman–Crippen LogP) is 10.5. The van der Waals surface area contributed by atoms with Crippen LogP contribution in [0.25, 0.3) is 0 Å². The minimum absolute atomic E-state index is 0.249. The highest BCUT2D eigenvalue weighted by Crippen LogP contribution is 2.26. The summed E-state index contributed by atoms with van der Waals surface area (Å²) < 4.78 is 47.6. The van der Waals surface area contributed by atoms with Gasteiger partial charge in [0.2, 0.25) is 5.91 Å². The molecule has 1 aliphatic rings. The van der Waals surface area contributed by atoms with Gasteiger partial charge >= 0.3 is 10.4 Å². The summed E-state index contributed by atoms with van der Waals surface area (Å²) in [5.41, 5.74) is 0. The molecule has 366 valence electrons. The number of hydrogen-bond donors (Lipinski definition) is 6. The zero-order valence-corrected chi connectivity index (χ0v) is 40.0. The summed E-state index contributed by atoms with van der Waals surface area (Å²) in [6.45, 7) is 3.38. The van der Waals surface area contributed by atoms with Crippen LogP contribution >= 0.6 is 0 Å². The van der Waals surface area contributed by atoms with Gasteiger partial charge in [-0.3, -0.25) is 9.35 Å². The normalized spacial score (nSPS) is 20.7. The van der Waals surface area contributed by atoms with Gasteiger partial charge in [0.1, 0.15) is 24.4 Å². The van der Waals surface area contributed by atoms with E-state index in [2.05, 4.69) is 35.5 Å². The lowest BCUT2D eigenvalue weighted by Crippen LogP contribution is -2.61. The molecule has 0 bridgehead atoms. The SMILES string of the molecule is CCCCCCCC/C=C\CCCCCC(=O)NC(COC1OC(CO)C(O)C(OS(=O)(=O)O)C1O)C(O)/C=C/CCCCCCCCCCCCCCCCCCCCCC. The standard InChI is InChI=1S/C49H93NO11S/c1-3-5-7-9-11-13-15-17-18-19-20-21-22-23-24-25-27-28-30-32-34-36-38-43(52)42(41-59-49-47(55)48(61-62(56,57)58)46(54)44(40-51)60-49)50-45(53)39-37-35-33-31-29-26-16-14-12-10-8-6-4-2/h26,29,36,38,42-44,46-49,51-52,54-55H,3-25,27-28,30-35,37,39-41H2,1-2H3,(H,50,53)(H,56,57,58)/b29-26-,38-36+. The van der Waals surface area contributed by atoms with Crippen molar-refractivity contribution in [1.29, 1.82) is 0 Å². The Bertz CT molecular complexity index is 1200. The number of carbonyl (C=O) groups is 1. The van der Waals surface area contributed by atoms with Crippen LogP contribution in [0.15, 0.2) is 24.3 Å². The average molecular weight is 904 g/mol. The van der Waals surface area contributed by atoms with Crippen molar-refractivity contribution in [3.8, 4) is 0 Å². The first-order valence-electron chi connectivity index (χ1n) is 25.2. The molecular weight excluding hydrogens is 811 g/mol. The summed E-state index contributed by atoms with van der Waals surface area (Å²) in [5, 5.41) is 44.8. The first-order valence-corrected chi connectivity index (χ1v) is 26.6. The fourth-order valence-corrected chi connectivity index (χ4v) is 8.55. The molecule has 1 saturated heterocycles. The number of unbranched alkanes of at least 4 members (excludes halogenated alkanes) is 29. The van der Waals surface area contributed by atoms with Gasteiger partial charge in [-0.1, -0.05) is 199 Å². The molecule has 1 amide bonds. The van der Waals surface area contributed by atoms with Crippen molar-refractivity contribution in [2.24, 2.45) is 0 Å². The molecule has 0 radical (unpaired) electrons. The number of rotatable bonds is 43. The second-order valence-corrected chi connectivity index (χ2v) is 18.8. The van der Waals surface area contributed by atoms with Gasteiger partial charge in [0.05, 0.1) is 25.4 Å². The second kappa shape index (κ2) is 39.9. The van der Waals surface area contributed by atoms with Gasteiger partial charge in [-0.05, 0) is 44.9 Å². The molecule has 0 spiro atoms. The summed E-state index contributed by atoms with van der Waals surface area (Å²) in [5.74, 6) is -0.278. The molecule has 7 unspecified atom stereocenters. The molecule has 0 saturated carbocycles. The first-order chi connectivity index (χ1) is 30.0. The largest absolute Gasteiger partial charge is 0.397 e.